The predicted octanol–water partition coefficient (Wildman–Crippen LogP) is -0.460. The Labute approximate surface area is 326 Å². The number of benzene rings is 1. The van der Waals surface area contributed by atoms with E-state index >= 15 is 0 Å². The molecule has 13 N–H and O–H groups in total. The summed E-state index contributed by atoms with van der Waals surface area (Å²) in [5, 5.41) is 14.5. The number of nitrogens with two attached hydrogens (primary N) is 4. The smallest absolute Gasteiger partial charge is 0.251 e. The van der Waals surface area contributed by atoms with E-state index in [-0.39, 0.29) is 94.9 Å². The van der Waals surface area contributed by atoms with Crippen molar-refractivity contribution in [2.24, 2.45) is 28.3 Å². The first-order valence-electron chi connectivity index (χ1n) is 19.2. The normalized spacial score (nSPS) is 11.9. The Hall–Kier alpha value is -3.71. The van der Waals surface area contributed by atoms with Gasteiger partial charge >= 0.3 is 0 Å². The van der Waals surface area contributed by atoms with Crippen molar-refractivity contribution in [3.05, 3.63) is 35.4 Å². The number of hydrogen-bond donors (Lipinski definition) is 9. The molecule has 0 aliphatic carbocycles. The average molecular weight is 780 g/mol. The molecule has 0 aromatic heterocycles. The number of rotatable bonds is 31. The number of hydrogen-bond acceptors (Lipinski definition) is 12. The van der Waals surface area contributed by atoms with Crippen LogP contribution in [0.5, 0.6) is 0 Å². The molecule has 0 heterocycles. The molecule has 0 radical (unpaired) electrons. The van der Waals surface area contributed by atoms with E-state index in [1.165, 1.54) is 0 Å². The van der Waals surface area contributed by atoms with Gasteiger partial charge in [-0.1, -0.05) is 26.0 Å². The summed E-state index contributed by atoms with van der Waals surface area (Å²) >= 11 is 0. The molecule has 0 saturated carbocycles. The lowest BCUT2D eigenvalue weighted by Gasteiger charge is -2.39. The van der Waals surface area contributed by atoms with Gasteiger partial charge in [0.2, 0.25) is 23.6 Å². The Balaban J connectivity index is 3.21. The molecule has 0 aliphatic heterocycles. The van der Waals surface area contributed by atoms with Gasteiger partial charge in [-0.05, 0) is 76.9 Å². The van der Waals surface area contributed by atoms with Crippen LogP contribution in [0.25, 0.3) is 0 Å². The van der Waals surface area contributed by atoms with Gasteiger partial charge in [0.05, 0.1) is 39.6 Å². The van der Waals surface area contributed by atoms with Gasteiger partial charge in [0.15, 0.2) is 0 Å². The maximum absolute atomic E-state index is 14.2. The fourth-order valence-electron chi connectivity index (χ4n) is 5.60. The van der Waals surface area contributed by atoms with Gasteiger partial charge in [-0.2, -0.15) is 0 Å². The molecule has 314 valence electrons. The van der Waals surface area contributed by atoms with Crippen molar-refractivity contribution in [1.29, 1.82) is 0 Å². The first kappa shape index (κ1) is 49.3. The molecule has 17 heteroatoms. The summed E-state index contributed by atoms with van der Waals surface area (Å²) in [6.45, 7) is 10.0. The molecule has 1 aromatic carbocycles. The summed E-state index contributed by atoms with van der Waals surface area (Å²) in [5.74, 6) is -1.30. The van der Waals surface area contributed by atoms with Crippen molar-refractivity contribution >= 4 is 29.5 Å². The third-order valence-electron chi connectivity index (χ3n) is 8.45. The average Bonchev–Trinajstić information content (AvgIpc) is 3.13. The lowest BCUT2D eigenvalue weighted by molar-refractivity contribution is -0.138. The van der Waals surface area contributed by atoms with Crippen molar-refractivity contribution in [3.8, 4) is 0 Å². The second-order valence-electron chi connectivity index (χ2n) is 14.9. The standard InChI is InChI=1S/C38H69N9O8/c1-36(2,25-37(3,4)46-34(51)30-10-8-29(24-42)9-11-30)35(52)47-38(26-53-21-12-31(48)43-18-5-15-39,27-54-22-13-32(49)44-19-6-16-40)28-55-23-14-33(50)45-20-7-17-41/h8-11H,5-7,12-28,39-42H2,1-4H3,(H,43,48)(H,44,49)(H,45,50)(H,46,51)(H,47,52). The minimum atomic E-state index is -1.30. The SMILES string of the molecule is CC(C)(CC(C)(C)C(=O)NC(COCCC(=O)NCCCN)(COCCC(=O)NCCCN)COCCC(=O)NCCCN)NC(=O)c1ccc(CN)cc1. The minimum absolute atomic E-state index is 0.0356. The molecule has 0 spiro atoms. The molecule has 0 aliphatic rings. The van der Waals surface area contributed by atoms with Crippen LogP contribution >= 0.6 is 0 Å². The molecule has 1 aromatic rings. The first-order valence-corrected chi connectivity index (χ1v) is 19.2. The number of carbonyl (C=O) groups excluding carboxylic acids is 5. The van der Waals surface area contributed by atoms with Crippen LogP contribution in [0.2, 0.25) is 0 Å². The fourth-order valence-corrected chi connectivity index (χ4v) is 5.60. The zero-order valence-electron chi connectivity index (χ0n) is 33.5. The van der Waals surface area contributed by atoms with Crippen molar-refractivity contribution in [1.82, 2.24) is 26.6 Å². The lowest BCUT2D eigenvalue weighted by atomic mass is 9.78. The van der Waals surface area contributed by atoms with E-state index in [0.717, 1.165) is 5.56 Å². The van der Waals surface area contributed by atoms with Gasteiger partial charge < -0.3 is 63.7 Å². The van der Waals surface area contributed by atoms with Gasteiger partial charge in [0, 0.05) is 62.0 Å². The van der Waals surface area contributed by atoms with E-state index in [1.54, 1.807) is 38.1 Å². The van der Waals surface area contributed by atoms with E-state index in [2.05, 4.69) is 26.6 Å². The van der Waals surface area contributed by atoms with E-state index < -0.39 is 16.5 Å². The molecular weight excluding hydrogens is 710 g/mol. The van der Waals surface area contributed by atoms with Gasteiger partial charge in [-0.3, -0.25) is 24.0 Å². The Morgan fingerprint density at radius 1 is 0.600 bits per heavy atom. The maximum Gasteiger partial charge on any atom is 0.251 e. The third kappa shape index (κ3) is 21.8. The maximum atomic E-state index is 14.2. The molecule has 17 nitrogen and oxygen atoms in total. The van der Waals surface area contributed by atoms with E-state index in [1.807, 2.05) is 13.8 Å². The largest absolute Gasteiger partial charge is 0.378 e. The first-order chi connectivity index (χ1) is 26.1. The summed E-state index contributed by atoms with van der Waals surface area (Å²) < 4.78 is 18.0. The molecule has 0 atom stereocenters. The predicted molar refractivity (Wildman–Crippen MR) is 212 cm³/mol. The van der Waals surface area contributed by atoms with Gasteiger partial charge in [-0.15, -0.1) is 0 Å². The molecule has 0 saturated heterocycles. The lowest BCUT2D eigenvalue weighted by Crippen LogP contribution is -2.62. The summed E-state index contributed by atoms with van der Waals surface area (Å²) in [7, 11) is 0. The molecule has 55 heavy (non-hydrogen) atoms. The Bertz CT molecular complexity index is 1220. The van der Waals surface area contributed by atoms with Crippen LogP contribution in [0.4, 0.5) is 0 Å². The van der Waals surface area contributed by atoms with Crippen LogP contribution in [0.15, 0.2) is 24.3 Å². The zero-order chi connectivity index (χ0) is 41.2. The minimum Gasteiger partial charge on any atom is -0.378 e. The molecule has 0 bridgehead atoms. The van der Waals surface area contributed by atoms with Crippen molar-refractivity contribution < 1.29 is 38.2 Å². The summed E-state index contributed by atoms with van der Waals surface area (Å²) in [4.78, 5) is 64.4. The highest BCUT2D eigenvalue weighted by Crippen LogP contribution is 2.30. The third-order valence-corrected chi connectivity index (χ3v) is 8.45. The zero-order valence-corrected chi connectivity index (χ0v) is 33.5. The Kier molecular flexibility index (Phi) is 24.2. The Morgan fingerprint density at radius 2 is 1.00 bits per heavy atom. The molecule has 1 rings (SSSR count). The van der Waals surface area contributed by atoms with Crippen molar-refractivity contribution in [2.45, 2.75) is 90.3 Å². The van der Waals surface area contributed by atoms with Crippen LogP contribution < -0.4 is 49.5 Å². The van der Waals surface area contributed by atoms with E-state index in [0.29, 0.717) is 70.6 Å². The second kappa shape index (κ2) is 27.0. The van der Waals surface area contributed by atoms with Crippen molar-refractivity contribution in [2.75, 3.05) is 78.9 Å². The second-order valence-corrected chi connectivity index (χ2v) is 14.9. The summed E-state index contributed by atoms with van der Waals surface area (Å²) in [6.07, 6.45) is 2.37. The van der Waals surface area contributed by atoms with Crippen LogP contribution in [0, 0.1) is 5.41 Å². The van der Waals surface area contributed by atoms with Crippen LogP contribution in [0.1, 0.15) is 88.6 Å². The van der Waals surface area contributed by atoms with Crippen LogP contribution in [-0.2, 0) is 39.9 Å². The fraction of sp³-hybridized carbons (Fsp3) is 0.711. The highest BCUT2D eigenvalue weighted by molar-refractivity contribution is 5.94. The number of ether oxygens (including phenoxy) is 3. The summed E-state index contributed by atoms with van der Waals surface area (Å²) in [6, 6.07) is 7.00. The van der Waals surface area contributed by atoms with Gasteiger partial charge in [-0.25, -0.2) is 0 Å². The van der Waals surface area contributed by atoms with E-state index in [4.69, 9.17) is 37.1 Å². The molecule has 0 fully saturated rings. The van der Waals surface area contributed by atoms with Crippen molar-refractivity contribution in [3.63, 3.8) is 0 Å². The summed E-state index contributed by atoms with van der Waals surface area (Å²) in [5.41, 5.74) is 20.5. The van der Waals surface area contributed by atoms with Gasteiger partial charge in [0.1, 0.15) is 5.54 Å². The monoisotopic (exact) mass is 780 g/mol. The highest BCUT2D eigenvalue weighted by atomic mass is 16.5. The number of amides is 5. The highest BCUT2D eigenvalue weighted by Gasteiger charge is 2.41. The van der Waals surface area contributed by atoms with Gasteiger partial charge in [0.25, 0.3) is 5.91 Å². The molecule has 5 amide bonds. The topological polar surface area (TPSA) is 277 Å². The quantitative estimate of drug-likeness (QED) is 0.0433. The van der Waals surface area contributed by atoms with Crippen LogP contribution in [-0.4, -0.2) is 120 Å². The molecule has 0 unspecified atom stereocenters. The molecular formula is C38H69N9O8. The van der Waals surface area contributed by atoms with Crippen LogP contribution in [0.3, 0.4) is 0 Å². The van der Waals surface area contributed by atoms with E-state index in [9.17, 15) is 24.0 Å². The number of carbonyl (C=O) groups is 5. The number of nitrogens with one attached hydrogen (secondary N) is 5. The Morgan fingerprint density at radius 3 is 1.36 bits per heavy atom.